The molecule has 0 unspecified atom stereocenters. The zero-order valence-electron chi connectivity index (χ0n) is 24.8. The number of anilines is 1. The van der Waals surface area contributed by atoms with Gasteiger partial charge in [0.2, 0.25) is 5.91 Å². The average molecular weight is 600 g/mol. The van der Waals surface area contributed by atoms with Crippen molar-refractivity contribution in [1.29, 1.82) is 0 Å². The maximum Gasteiger partial charge on any atom is 0.351 e. The summed E-state index contributed by atoms with van der Waals surface area (Å²) in [5.41, 5.74) is 1.94. The molecule has 0 bridgehead atoms. The molecule has 6 rings (SSSR count). The standard InChI is InChI=1S/C32H31F2N7O3/c1-6-25(42)39-11-12-40(19(5)14-39)31-20-13-23(34)28(26-22(33)7-8-24-29(26)44-16-36-24)37-30(20)41(32(43)38-31)15-21-18(4)9-10-35-27(21)17(2)3/h6-10,13,16-17,19H,1,11-12,14-15H2,2-5H3/t19-/m0/s1. The maximum absolute atomic E-state index is 16.1. The van der Waals surface area contributed by atoms with Crippen LogP contribution in [0.1, 0.15) is 43.5 Å². The molecule has 1 aliphatic heterocycles. The normalized spacial score (nSPS) is 15.5. The summed E-state index contributed by atoms with van der Waals surface area (Å²) in [5.74, 6) is -1.46. The fourth-order valence-corrected chi connectivity index (χ4v) is 5.89. The first kappa shape index (κ1) is 29.1. The molecule has 12 heteroatoms. The third-order valence-electron chi connectivity index (χ3n) is 8.14. The predicted molar refractivity (Wildman–Crippen MR) is 162 cm³/mol. The monoisotopic (exact) mass is 599 g/mol. The van der Waals surface area contributed by atoms with Crippen molar-refractivity contribution in [1.82, 2.24) is 29.4 Å². The van der Waals surface area contributed by atoms with Crippen molar-refractivity contribution in [3.63, 3.8) is 0 Å². The Morgan fingerprint density at radius 1 is 1.16 bits per heavy atom. The highest BCUT2D eigenvalue weighted by Crippen LogP contribution is 2.35. The van der Waals surface area contributed by atoms with E-state index >= 15 is 8.78 Å². The zero-order valence-corrected chi connectivity index (χ0v) is 24.8. The number of rotatable bonds is 6. The highest BCUT2D eigenvalue weighted by atomic mass is 19.1. The molecule has 1 atom stereocenters. The van der Waals surface area contributed by atoms with Crippen LogP contribution in [0.5, 0.6) is 0 Å². The summed E-state index contributed by atoms with van der Waals surface area (Å²) < 4.78 is 38.2. The van der Waals surface area contributed by atoms with Crippen molar-refractivity contribution in [3.05, 3.63) is 88.5 Å². The Labute approximate surface area is 251 Å². The molecule has 0 saturated carbocycles. The van der Waals surface area contributed by atoms with Gasteiger partial charge in [-0.25, -0.2) is 23.5 Å². The van der Waals surface area contributed by atoms with E-state index in [0.717, 1.165) is 23.2 Å². The second kappa shape index (κ2) is 11.3. The molecule has 4 aromatic heterocycles. The summed E-state index contributed by atoms with van der Waals surface area (Å²) in [4.78, 5) is 47.4. The SMILES string of the molecule is C=CC(=O)N1CCN(c2nc(=O)n(Cc3c(C)ccnc3C(C)C)c3nc(-c4c(F)ccc5ncoc45)c(F)cc23)[C@@H](C)C1. The fraction of sp³-hybridized carbons (Fsp3) is 0.312. The van der Waals surface area contributed by atoms with Gasteiger partial charge in [0, 0.05) is 37.6 Å². The summed E-state index contributed by atoms with van der Waals surface area (Å²) in [7, 11) is 0. The van der Waals surface area contributed by atoms with Crippen LogP contribution in [0, 0.1) is 18.6 Å². The number of fused-ring (bicyclic) bond motifs is 2. The van der Waals surface area contributed by atoms with Gasteiger partial charge in [-0.15, -0.1) is 0 Å². The molecule has 1 amide bonds. The molecule has 0 radical (unpaired) electrons. The fourth-order valence-electron chi connectivity index (χ4n) is 5.89. The van der Waals surface area contributed by atoms with Gasteiger partial charge >= 0.3 is 5.69 Å². The number of oxazole rings is 1. The lowest BCUT2D eigenvalue weighted by molar-refractivity contribution is -0.126. The zero-order chi connectivity index (χ0) is 31.3. The van der Waals surface area contributed by atoms with Gasteiger partial charge in [-0.2, -0.15) is 4.98 Å². The van der Waals surface area contributed by atoms with Crippen molar-refractivity contribution >= 4 is 33.9 Å². The van der Waals surface area contributed by atoms with E-state index in [1.807, 2.05) is 38.7 Å². The summed E-state index contributed by atoms with van der Waals surface area (Å²) in [5, 5.41) is 0.277. The van der Waals surface area contributed by atoms with Gasteiger partial charge in [-0.05, 0) is 61.2 Å². The molecule has 1 saturated heterocycles. The molecule has 1 fully saturated rings. The number of nitrogens with zero attached hydrogens (tertiary/aromatic N) is 7. The number of piperazine rings is 1. The number of carbonyl (C=O) groups is 1. The Morgan fingerprint density at radius 3 is 2.68 bits per heavy atom. The molecule has 1 aromatic carbocycles. The molecule has 1 aliphatic rings. The number of hydrogen-bond donors (Lipinski definition) is 0. The van der Waals surface area contributed by atoms with E-state index in [9.17, 15) is 9.59 Å². The molecular weight excluding hydrogens is 568 g/mol. The van der Waals surface area contributed by atoms with E-state index < -0.39 is 17.3 Å². The number of amides is 1. The Kier molecular flexibility index (Phi) is 7.44. The molecule has 5 heterocycles. The number of halogens is 2. The Bertz CT molecular complexity index is 2000. The predicted octanol–water partition coefficient (Wildman–Crippen LogP) is 4.98. The number of benzene rings is 1. The molecule has 0 spiro atoms. The van der Waals surface area contributed by atoms with Crippen LogP contribution < -0.4 is 10.6 Å². The van der Waals surface area contributed by atoms with E-state index in [1.54, 1.807) is 11.1 Å². The van der Waals surface area contributed by atoms with Gasteiger partial charge in [0.25, 0.3) is 0 Å². The van der Waals surface area contributed by atoms with E-state index in [0.29, 0.717) is 25.2 Å². The largest absolute Gasteiger partial charge is 0.443 e. The highest BCUT2D eigenvalue weighted by molar-refractivity contribution is 5.94. The third kappa shape index (κ3) is 4.89. The van der Waals surface area contributed by atoms with E-state index in [4.69, 9.17) is 4.42 Å². The van der Waals surface area contributed by atoms with Crippen molar-refractivity contribution in [2.75, 3.05) is 24.5 Å². The van der Waals surface area contributed by atoms with Crippen molar-refractivity contribution in [2.45, 2.75) is 46.2 Å². The number of aromatic nitrogens is 5. The highest BCUT2D eigenvalue weighted by Gasteiger charge is 2.30. The minimum Gasteiger partial charge on any atom is -0.443 e. The van der Waals surface area contributed by atoms with Crippen LogP contribution in [0.3, 0.4) is 0 Å². The van der Waals surface area contributed by atoms with Gasteiger partial charge in [0.15, 0.2) is 17.8 Å². The lowest BCUT2D eigenvalue weighted by Crippen LogP contribution is -2.54. The van der Waals surface area contributed by atoms with E-state index in [1.165, 1.54) is 28.8 Å². The smallest absolute Gasteiger partial charge is 0.351 e. The number of pyridine rings is 2. The number of carbonyl (C=O) groups excluding carboxylic acids is 1. The van der Waals surface area contributed by atoms with Gasteiger partial charge < -0.3 is 14.2 Å². The van der Waals surface area contributed by atoms with Gasteiger partial charge in [-0.3, -0.25) is 14.3 Å². The molecule has 5 aromatic rings. The van der Waals surface area contributed by atoms with Crippen LogP contribution in [-0.2, 0) is 11.3 Å². The quantitative estimate of drug-likeness (QED) is 0.252. The van der Waals surface area contributed by atoms with E-state index in [2.05, 4.69) is 26.5 Å². The molecule has 44 heavy (non-hydrogen) atoms. The second-order valence-corrected chi connectivity index (χ2v) is 11.3. The minimum absolute atomic E-state index is 0.0424. The van der Waals surface area contributed by atoms with Gasteiger partial charge in [0.05, 0.1) is 17.5 Å². The first-order valence-corrected chi connectivity index (χ1v) is 14.3. The van der Waals surface area contributed by atoms with Crippen LogP contribution in [0.25, 0.3) is 33.4 Å². The van der Waals surface area contributed by atoms with E-state index in [-0.39, 0.29) is 58.1 Å². The topological polar surface area (TPSA) is 110 Å². The third-order valence-corrected chi connectivity index (χ3v) is 8.14. The van der Waals surface area contributed by atoms with Crippen LogP contribution in [0.15, 0.2) is 58.7 Å². The lowest BCUT2D eigenvalue weighted by Gasteiger charge is -2.40. The molecular formula is C32H31F2N7O3. The van der Waals surface area contributed by atoms with Crippen molar-refractivity contribution in [3.8, 4) is 11.3 Å². The van der Waals surface area contributed by atoms with Crippen LogP contribution in [0.4, 0.5) is 14.6 Å². The second-order valence-electron chi connectivity index (χ2n) is 11.3. The minimum atomic E-state index is -0.817. The summed E-state index contributed by atoms with van der Waals surface area (Å²) in [6, 6.07) is 5.45. The molecule has 0 aliphatic carbocycles. The Morgan fingerprint density at radius 2 is 1.95 bits per heavy atom. The maximum atomic E-state index is 16.1. The van der Waals surface area contributed by atoms with Crippen LogP contribution >= 0.6 is 0 Å². The van der Waals surface area contributed by atoms with Crippen LogP contribution in [-0.4, -0.2) is 61.0 Å². The summed E-state index contributed by atoms with van der Waals surface area (Å²) in [6.07, 6.45) is 4.14. The first-order chi connectivity index (χ1) is 21.1. The summed E-state index contributed by atoms with van der Waals surface area (Å²) in [6.45, 7) is 12.6. The molecule has 0 N–H and O–H groups in total. The van der Waals surface area contributed by atoms with Crippen molar-refractivity contribution in [2.24, 2.45) is 0 Å². The van der Waals surface area contributed by atoms with Crippen LogP contribution in [0.2, 0.25) is 0 Å². The van der Waals surface area contributed by atoms with Crippen molar-refractivity contribution < 1.29 is 18.0 Å². The van der Waals surface area contributed by atoms with Gasteiger partial charge in [-0.1, -0.05) is 20.4 Å². The Balaban J connectivity index is 1.60. The first-order valence-electron chi connectivity index (χ1n) is 14.3. The molecule has 226 valence electrons. The lowest BCUT2D eigenvalue weighted by atomic mass is 9.99. The van der Waals surface area contributed by atoms with Gasteiger partial charge in [0.1, 0.15) is 28.5 Å². The average Bonchev–Trinajstić information content (AvgIpc) is 3.47. The summed E-state index contributed by atoms with van der Waals surface area (Å²) >= 11 is 0. The number of hydrogen-bond acceptors (Lipinski definition) is 8. The Hall–Kier alpha value is -5.00. The number of aryl methyl sites for hydroxylation is 1. The molecule has 10 nitrogen and oxygen atoms in total.